The molecule has 0 fully saturated rings. The number of rotatable bonds is 0. The van der Waals surface area contributed by atoms with Crippen LogP contribution >= 0.6 is 0 Å². The van der Waals surface area contributed by atoms with Crippen LogP contribution in [0.2, 0.25) is 0 Å². The Bertz CT molecular complexity index is 151. The van der Waals surface area contributed by atoms with Gasteiger partial charge in [0.2, 0.25) is 0 Å². The molecule has 2 aromatic rings. The van der Waals surface area contributed by atoms with Gasteiger partial charge in [-0.2, -0.15) is 24.8 Å². The molecule has 2 nitrogen and oxygen atoms in total. The molecule has 2 aromatic heterocycles. The fraction of sp³-hybridized carbons (Fsp3) is 0. The monoisotopic (exact) mass is 222 g/mol. The molecule has 0 saturated carbocycles. The van der Waals surface area contributed by atoms with Crippen LogP contribution in [0, 0.1) is 0 Å². The maximum absolute atomic E-state index is 3.72. The molecule has 0 aromatic carbocycles. The van der Waals surface area contributed by atoms with E-state index in [2.05, 4.69) is 9.97 Å². The summed E-state index contributed by atoms with van der Waals surface area (Å²) in [4.78, 5) is 7.44. The largest absolute Gasteiger partial charge is 2.00 e. The second-order valence-electron chi connectivity index (χ2n) is 1.66. The van der Waals surface area contributed by atoms with Crippen molar-refractivity contribution in [2.75, 3.05) is 0 Å². The van der Waals surface area contributed by atoms with Gasteiger partial charge in [-0.15, -0.1) is 0 Å². The Hall–Kier alpha value is -0.557. The molecule has 11 heavy (non-hydrogen) atoms. The predicted molar refractivity (Wildman–Crippen MR) is 39.5 cm³/mol. The zero-order chi connectivity index (χ0) is 7.07. The number of hydrogen-bond donors (Lipinski definition) is 0. The zero-order valence-electron chi connectivity index (χ0n) is 6.01. The average molecular weight is 223 g/mol. The topological polar surface area (TPSA) is 28.2 Å². The van der Waals surface area contributed by atoms with E-state index in [4.69, 9.17) is 0 Å². The number of aromatic nitrogens is 2. The summed E-state index contributed by atoms with van der Waals surface area (Å²) >= 11 is 0. The molecule has 0 bridgehead atoms. The van der Waals surface area contributed by atoms with Gasteiger partial charge in [-0.3, -0.25) is 0 Å². The SMILES string of the molecule is [Zr+2].c1cc[n-]c1.c1cc[n-]c1. The van der Waals surface area contributed by atoms with Crippen molar-refractivity contribution in [2.45, 2.75) is 0 Å². The molecule has 0 saturated heterocycles. The minimum absolute atomic E-state index is 0. The summed E-state index contributed by atoms with van der Waals surface area (Å²) in [6.45, 7) is 0. The molecule has 3 heteroatoms. The van der Waals surface area contributed by atoms with Crippen molar-refractivity contribution in [3.63, 3.8) is 0 Å². The Morgan fingerprint density at radius 3 is 0.909 bits per heavy atom. The van der Waals surface area contributed by atoms with Gasteiger partial charge in [0.15, 0.2) is 0 Å². The van der Waals surface area contributed by atoms with Gasteiger partial charge in [0.1, 0.15) is 0 Å². The van der Waals surface area contributed by atoms with E-state index < -0.39 is 0 Å². The zero-order valence-corrected chi connectivity index (χ0v) is 8.47. The Balaban J connectivity index is 0.000000167. The molecule has 0 unspecified atom stereocenters. The molecular weight excluding hydrogens is 215 g/mol. The average Bonchev–Trinajstić information content (AvgIpc) is 2.67. The summed E-state index contributed by atoms with van der Waals surface area (Å²) in [6, 6.07) is 7.56. The molecule has 0 amide bonds. The molecule has 0 radical (unpaired) electrons. The predicted octanol–water partition coefficient (Wildman–Crippen LogP) is 1.29. The van der Waals surface area contributed by atoms with E-state index in [1.165, 1.54) is 0 Å². The summed E-state index contributed by atoms with van der Waals surface area (Å²) in [5.74, 6) is 0. The molecule has 54 valence electrons. The first-order chi connectivity index (χ1) is 5.00. The Morgan fingerprint density at radius 1 is 0.545 bits per heavy atom. The van der Waals surface area contributed by atoms with Crippen LogP contribution in [0.3, 0.4) is 0 Å². The smallest absolute Gasteiger partial charge is 0.670 e. The van der Waals surface area contributed by atoms with Gasteiger partial charge in [0, 0.05) is 0 Å². The van der Waals surface area contributed by atoms with E-state index in [0.29, 0.717) is 0 Å². The Labute approximate surface area is 85.2 Å². The summed E-state index contributed by atoms with van der Waals surface area (Å²) in [5, 5.41) is 0. The van der Waals surface area contributed by atoms with Crippen LogP contribution in [0.25, 0.3) is 0 Å². The van der Waals surface area contributed by atoms with Crippen LogP contribution in [0.15, 0.2) is 49.1 Å². The maximum atomic E-state index is 3.72. The van der Waals surface area contributed by atoms with Gasteiger partial charge in [0.05, 0.1) is 0 Å². The van der Waals surface area contributed by atoms with Gasteiger partial charge >= 0.3 is 26.2 Å². The summed E-state index contributed by atoms with van der Waals surface area (Å²) in [5.41, 5.74) is 0. The second kappa shape index (κ2) is 7.55. The van der Waals surface area contributed by atoms with Crippen LogP contribution in [0.5, 0.6) is 0 Å². The fourth-order valence-electron chi connectivity index (χ4n) is 0.497. The van der Waals surface area contributed by atoms with E-state index >= 15 is 0 Å². The minimum Gasteiger partial charge on any atom is -0.670 e. The van der Waals surface area contributed by atoms with Crippen molar-refractivity contribution < 1.29 is 26.2 Å². The van der Waals surface area contributed by atoms with Crippen molar-refractivity contribution >= 4 is 0 Å². The summed E-state index contributed by atoms with van der Waals surface area (Å²) in [6.07, 6.45) is 7.00. The van der Waals surface area contributed by atoms with E-state index in [1.54, 1.807) is 24.8 Å². The molecule has 2 rings (SSSR count). The molecule has 0 aliphatic carbocycles. The third-order valence-corrected chi connectivity index (χ3v) is 0.911. The molecule has 0 aliphatic heterocycles. The molecule has 2 heterocycles. The normalized spacial score (nSPS) is 7.27. The van der Waals surface area contributed by atoms with Crippen LogP contribution in [-0.2, 0) is 26.2 Å². The third kappa shape index (κ3) is 5.87. The van der Waals surface area contributed by atoms with Crippen molar-refractivity contribution in [1.29, 1.82) is 0 Å². The number of nitrogens with zero attached hydrogens (tertiary/aromatic N) is 2. The fourth-order valence-corrected chi connectivity index (χ4v) is 0.497. The molecule has 0 spiro atoms. The molecular formula is C8H8N2Zr. The molecule has 0 aliphatic rings. The quantitative estimate of drug-likeness (QED) is 0.673. The molecule has 0 atom stereocenters. The maximum Gasteiger partial charge on any atom is 2.00 e. The molecule has 0 N–H and O–H groups in total. The van der Waals surface area contributed by atoms with Gasteiger partial charge in [-0.1, -0.05) is 24.3 Å². The first-order valence-electron chi connectivity index (χ1n) is 3.03. The van der Waals surface area contributed by atoms with Crippen LogP contribution in [-0.4, -0.2) is 0 Å². The standard InChI is InChI=1S/2C4H4N.Zr/c2*1-2-4-5-3-1;/h2*1-4H;/q2*-1;+2. The summed E-state index contributed by atoms with van der Waals surface area (Å²) < 4.78 is 0. The third-order valence-electron chi connectivity index (χ3n) is 0.911. The first kappa shape index (κ1) is 10.4. The van der Waals surface area contributed by atoms with E-state index in [0.717, 1.165) is 0 Å². The van der Waals surface area contributed by atoms with Crippen molar-refractivity contribution in [3.8, 4) is 0 Å². The van der Waals surface area contributed by atoms with Crippen LogP contribution < -0.4 is 9.97 Å². The minimum atomic E-state index is 0. The first-order valence-corrected chi connectivity index (χ1v) is 3.03. The van der Waals surface area contributed by atoms with Crippen molar-refractivity contribution in [2.24, 2.45) is 0 Å². The van der Waals surface area contributed by atoms with Crippen molar-refractivity contribution in [3.05, 3.63) is 49.1 Å². The van der Waals surface area contributed by atoms with E-state index in [9.17, 15) is 0 Å². The van der Waals surface area contributed by atoms with E-state index in [-0.39, 0.29) is 26.2 Å². The van der Waals surface area contributed by atoms with Crippen molar-refractivity contribution in [1.82, 2.24) is 9.97 Å². The van der Waals surface area contributed by atoms with Gasteiger partial charge < -0.3 is 9.97 Å². The summed E-state index contributed by atoms with van der Waals surface area (Å²) in [7, 11) is 0. The van der Waals surface area contributed by atoms with Gasteiger partial charge in [-0.05, 0) is 0 Å². The number of hydrogen-bond acceptors (Lipinski definition) is 0. The van der Waals surface area contributed by atoms with Crippen LogP contribution in [0.4, 0.5) is 0 Å². The Kier molecular flexibility index (Phi) is 7.17. The Morgan fingerprint density at radius 2 is 0.818 bits per heavy atom. The second-order valence-corrected chi connectivity index (χ2v) is 1.66. The van der Waals surface area contributed by atoms with Gasteiger partial charge in [-0.25, -0.2) is 0 Å². The van der Waals surface area contributed by atoms with E-state index in [1.807, 2.05) is 24.3 Å². The van der Waals surface area contributed by atoms with Gasteiger partial charge in [0.25, 0.3) is 0 Å². The van der Waals surface area contributed by atoms with Crippen LogP contribution in [0.1, 0.15) is 0 Å².